The Hall–Kier alpha value is -0.350. The summed E-state index contributed by atoms with van der Waals surface area (Å²) in [5.74, 6) is 0. The summed E-state index contributed by atoms with van der Waals surface area (Å²) in [6.07, 6.45) is 3.99. The van der Waals surface area contributed by atoms with E-state index < -0.39 is 0 Å². The molecule has 0 saturated carbocycles. The third-order valence-electron chi connectivity index (χ3n) is 3.52. The molecule has 1 unspecified atom stereocenters. The predicted molar refractivity (Wildman–Crippen MR) is 91.6 cm³/mol. The summed E-state index contributed by atoms with van der Waals surface area (Å²) in [4.78, 5) is 0. The van der Waals surface area contributed by atoms with Crippen molar-refractivity contribution in [1.29, 1.82) is 0 Å². The maximum absolute atomic E-state index is 2.43. The van der Waals surface area contributed by atoms with Gasteiger partial charge in [0.1, 0.15) is 0 Å². The van der Waals surface area contributed by atoms with Gasteiger partial charge in [0.2, 0.25) is 0 Å². The highest BCUT2D eigenvalue weighted by atomic mass is 31.1. The maximum Gasteiger partial charge on any atom is -0.0132 e. The molecule has 0 fully saturated rings. The Kier molecular flexibility index (Phi) is 5.63. The van der Waals surface area contributed by atoms with E-state index in [9.17, 15) is 0 Å². The van der Waals surface area contributed by atoms with Crippen LogP contribution in [0.3, 0.4) is 0 Å². The van der Waals surface area contributed by atoms with Crippen LogP contribution in [0, 0.1) is 0 Å². The third-order valence-corrected chi connectivity index (χ3v) is 4.82. The lowest BCUT2D eigenvalue weighted by atomic mass is 9.81. The molecule has 0 heterocycles. The minimum atomic E-state index is 0.241. The average Bonchev–Trinajstić information content (AvgIpc) is 2.27. The van der Waals surface area contributed by atoms with Gasteiger partial charge in [-0.25, -0.2) is 0 Å². The van der Waals surface area contributed by atoms with E-state index >= 15 is 0 Å². The molecule has 0 aliphatic carbocycles. The Labute approximate surface area is 122 Å². The molecule has 0 aromatic heterocycles. The molecule has 0 aliphatic rings. The van der Waals surface area contributed by atoms with Gasteiger partial charge in [0.05, 0.1) is 0 Å². The second kappa shape index (κ2) is 6.40. The molecule has 0 spiro atoms. The molecule has 0 amide bonds. The van der Waals surface area contributed by atoms with Crippen LogP contribution in [0.5, 0.6) is 0 Å². The van der Waals surface area contributed by atoms with Gasteiger partial charge in [-0.05, 0) is 39.8 Å². The number of rotatable bonds is 4. The zero-order valence-electron chi connectivity index (χ0n) is 13.9. The molecule has 19 heavy (non-hydrogen) atoms. The molecule has 0 saturated heterocycles. The highest BCUT2D eigenvalue weighted by molar-refractivity contribution is 7.47. The van der Waals surface area contributed by atoms with Crippen LogP contribution < -0.4 is 5.30 Å². The second-order valence-corrected chi connectivity index (χ2v) is 9.01. The van der Waals surface area contributed by atoms with Gasteiger partial charge in [-0.2, -0.15) is 0 Å². The lowest BCUT2D eigenvalue weighted by Gasteiger charge is -2.26. The molecule has 108 valence electrons. The van der Waals surface area contributed by atoms with E-state index in [0.717, 1.165) is 8.58 Å². The van der Waals surface area contributed by atoms with Crippen LogP contribution in [0.4, 0.5) is 0 Å². The molecular formula is C18H31P. The Morgan fingerprint density at radius 2 is 1.32 bits per heavy atom. The SMILES string of the molecule is CCCCPc1cc(C(C)(C)C)cc(C(C)(C)C)c1. The number of unbranched alkanes of at least 4 members (excludes halogenated alkanes) is 1. The average molecular weight is 278 g/mol. The fourth-order valence-corrected chi connectivity index (χ4v) is 3.34. The predicted octanol–water partition coefficient (Wildman–Crippen LogP) is 5.39. The summed E-state index contributed by atoms with van der Waals surface area (Å²) in [5.41, 5.74) is 3.45. The van der Waals surface area contributed by atoms with Gasteiger partial charge in [0, 0.05) is 0 Å². The zero-order chi connectivity index (χ0) is 14.7. The fourth-order valence-electron chi connectivity index (χ4n) is 2.01. The maximum atomic E-state index is 2.43. The normalized spacial score (nSPS) is 13.4. The molecule has 1 aromatic carbocycles. The third kappa shape index (κ3) is 5.27. The molecule has 1 heteroatoms. The van der Waals surface area contributed by atoms with Crippen molar-refractivity contribution in [2.75, 3.05) is 6.16 Å². The van der Waals surface area contributed by atoms with E-state index in [2.05, 4.69) is 66.7 Å². The quantitative estimate of drug-likeness (QED) is 0.512. The molecule has 0 nitrogen and oxygen atoms in total. The first-order valence-corrected chi connectivity index (χ1v) is 8.75. The van der Waals surface area contributed by atoms with E-state index in [1.165, 1.54) is 30.1 Å². The summed E-state index contributed by atoms with van der Waals surface area (Å²) in [6.45, 7) is 16.2. The van der Waals surface area contributed by atoms with Gasteiger partial charge >= 0.3 is 0 Å². The van der Waals surface area contributed by atoms with Gasteiger partial charge in [-0.3, -0.25) is 0 Å². The van der Waals surface area contributed by atoms with Gasteiger partial charge < -0.3 is 0 Å². The van der Waals surface area contributed by atoms with Crippen LogP contribution in [0.25, 0.3) is 0 Å². The molecule has 1 atom stereocenters. The number of benzene rings is 1. The van der Waals surface area contributed by atoms with Crippen LogP contribution in [0.15, 0.2) is 18.2 Å². The van der Waals surface area contributed by atoms with Crippen LogP contribution in [-0.2, 0) is 10.8 Å². The minimum absolute atomic E-state index is 0.241. The van der Waals surface area contributed by atoms with Crippen molar-refractivity contribution < 1.29 is 0 Å². The summed E-state index contributed by atoms with van der Waals surface area (Å²) in [7, 11) is 0.962. The monoisotopic (exact) mass is 278 g/mol. The molecule has 0 radical (unpaired) electrons. The first kappa shape index (κ1) is 16.7. The molecular weight excluding hydrogens is 247 g/mol. The molecule has 1 aromatic rings. The fraction of sp³-hybridized carbons (Fsp3) is 0.667. The molecule has 0 bridgehead atoms. The van der Waals surface area contributed by atoms with E-state index in [4.69, 9.17) is 0 Å². The van der Waals surface area contributed by atoms with E-state index in [0.29, 0.717) is 0 Å². The lowest BCUT2D eigenvalue weighted by Crippen LogP contribution is -2.19. The Bertz CT molecular complexity index is 372. The first-order chi connectivity index (χ1) is 8.64. The summed E-state index contributed by atoms with van der Waals surface area (Å²) in [5, 5.41) is 1.55. The van der Waals surface area contributed by atoms with Gasteiger partial charge in [0.25, 0.3) is 0 Å². The number of hydrogen-bond donors (Lipinski definition) is 0. The summed E-state index contributed by atoms with van der Waals surface area (Å²) >= 11 is 0. The number of hydrogen-bond acceptors (Lipinski definition) is 0. The van der Waals surface area contributed by atoms with E-state index in [-0.39, 0.29) is 10.8 Å². The van der Waals surface area contributed by atoms with Crippen molar-refractivity contribution in [3.8, 4) is 0 Å². The highest BCUT2D eigenvalue weighted by Crippen LogP contribution is 2.30. The van der Waals surface area contributed by atoms with Crippen molar-refractivity contribution in [3.63, 3.8) is 0 Å². The van der Waals surface area contributed by atoms with Crippen molar-refractivity contribution in [2.24, 2.45) is 0 Å². The molecule has 1 rings (SSSR count). The van der Waals surface area contributed by atoms with Crippen molar-refractivity contribution >= 4 is 13.9 Å². The molecule has 0 N–H and O–H groups in total. The van der Waals surface area contributed by atoms with Gasteiger partial charge in [0.15, 0.2) is 0 Å². The topological polar surface area (TPSA) is 0 Å². The van der Waals surface area contributed by atoms with Crippen molar-refractivity contribution in [3.05, 3.63) is 29.3 Å². The zero-order valence-corrected chi connectivity index (χ0v) is 14.9. The van der Waals surface area contributed by atoms with E-state index in [1.54, 1.807) is 5.30 Å². The van der Waals surface area contributed by atoms with E-state index in [1.807, 2.05) is 0 Å². The van der Waals surface area contributed by atoms with Crippen molar-refractivity contribution in [2.45, 2.75) is 72.1 Å². The Morgan fingerprint density at radius 3 is 1.68 bits per heavy atom. The van der Waals surface area contributed by atoms with Crippen LogP contribution in [-0.4, -0.2) is 6.16 Å². The minimum Gasteiger partial charge on any atom is -0.0904 e. The second-order valence-electron chi connectivity index (χ2n) is 7.58. The first-order valence-electron chi connectivity index (χ1n) is 7.54. The highest BCUT2D eigenvalue weighted by Gasteiger charge is 2.20. The smallest absolute Gasteiger partial charge is 0.0132 e. The standard InChI is InChI=1S/C18H31P/c1-8-9-10-19-16-12-14(17(2,3)4)11-15(13-16)18(5,6)7/h11-13,19H,8-10H2,1-7H3. The van der Waals surface area contributed by atoms with Gasteiger partial charge in [-0.15, -0.1) is 0 Å². The largest absolute Gasteiger partial charge is 0.0904 e. The lowest BCUT2D eigenvalue weighted by molar-refractivity contribution is 0.569. The summed E-state index contributed by atoms with van der Waals surface area (Å²) in [6, 6.07) is 7.28. The Morgan fingerprint density at radius 1 is 0.842 bits per heavy atom. The van der Waals surface area contributed by atoms with Crippen LogP contribution >= 0.6 is 8.58 Å². The Balaban J connectivity index is 3.10. The summed E-state index contributed by atoms with van der Waals surface area (Å²) < 4.78 is 0. The van der Waals surface area contributed by atoms with Crippen LogP contribution in [0.1, 0.15) is 72.4 Å². The molecule has 0 aliphatic heterocycles. The van der Waals surface area contributed by atoms with Crippen molar-refractivity contribution in [1.82, 2.24) is 0 Å². The van der Waals surface area contributed by atoms with Gasteiger partial charge in [-0.1, -0.05) is 81.7 Å². The van der Waals surface area contributed by atoms with Crippen LogP contribution in [0.2, 0.25) is 0 Å².